The van der Waals surface area contributed by atoms with E-state index in [1.165, 1.54) is 37.7 Å². The summed E-state index contributed by atoms with van der Waals surface area (Å²) in [6.45, 7) is 2.81. The Morgan fingerprint density at radius 3 is 2.91 bits per heavy atom. The highest BCUT2D eigenvalue weighted by atomic mass is 16.5. The second-order valence-electron chi connectivity index (χ2n) is 11.1. The van der Waals surface area contributed by atoms with Gasteiger partial charge in [-0.3, -0.25) is 4.79 Å². The molecule has 0 radical (unpaired) electrons. The van der Waals surface area contributed by atoms with Gasteiger partial charge in [-0.25, -0.2) is 9.97 Å². The van der Waals surface area contributed by atoms with Crippen molar-refractivity contribution >= 4 is 11.7 Å². The van der Waals surface area contributed by atoms with Gasteiger partial charge in [-0.2, -0.15) is 0 Å². The number of rotatable bonds is 4. The van der Waals surface area contributed by atoms with E-state index >= 15 is 0 Å². The lowest BCUT2D eigenvalue weighted by Crippen LogP contribution is -2.65. The van der Waals surface area contributed by atoms with Crippen LogP contribution in [0.5, 0.6) is 5.75 Å². The number of benzene rings is 1. The van der Waals surface area contributed by atoms with Crippen molar-refractivity contribution in [1.82, 2.24) is 14.9 Å². The Morgan fingerprint density at radius 2 is 2.03 bits per heavy atom. The maximum Gasteiger partial charge on any atom is 0.229 e. The highest BCUT2D eigenvalue weighted by Crippen LogP contribution is 2.71. The Hall–Kier alpha value is -2.63. The molecule has 1 aromatic heterocycles. The lowest BCUT2D eigenvalue weighted by atomic mass is 9.35. The Morgan fingerprint density at radius 1 is 1.18 bits per heavy atom. The van der Waals surface area contributed by atoms with Crippen LogP contribution in [0.15, 0.2) is 30.6 Å². The van der Waals surface area contributed by atoms with Crippen LogP contribution in [0, 0.1) is 29.1 Å². The molecule has 5 aliphatic rings. The number of anilines is 1. The zero-order valence-electron chi connectivity index (χ0n) is 19.1. The second kappa shape index (κ2) is 7.44. The van der Waals surface area contributed by atoms with Crippen molar-refractivity contribution in [2.24, 2.45) is 29.1 Å². The van der Waals surface area contributed by atoms with Crippen molar-refractivity contribution in [3.05, 3.63) is 47.4 Å². The molecule has 3 unspecified atom stereocenters. The molecular weight excluding hydrogens is 412 g/mol. The molecule has 2 aromatic rings. The first kappa shape index (κ1) is 19.8. The molecule has 3 heterocycles. The van der Waals surface area contributed by atoms with Crippen molar-refractivity contribution < 1.29 is 9.53 Å². The summed E-state index contributed by atoms with van der Waals surface area (Å²) in [5.41, 5.74) is 3.86. The molecule has 2 aliphatic heterocycles. The molecule has 3 atom stereocenters. The number of hydrogen-bond acceptors (Lipinski definition) is 5. The molecule has 33 heavy (non-hydrogen) atoms. The first-order valence-electron chi connectivity index (χ1n) is 12.8. The van der Waals surface area contributed by atoms with Crippen molar-refractivity contribution in [3.63, 3.8) is 0 Å². The minimum atomic E-state index is -0.117. The number of hydrogen-bond donors (Lipinski definition) is 1. The summed E-state index contributed by atoms with van der Waals surface area (Å²) < 4.78 is 5.87. The quantitative estimate of drug-likeness (QED) is 0.776. The highest BCUT2D eigenvalue weighted by molar-refractivity contribution is 5.80. The van der Waals surface area contributed by atoms with Crippen LogP contribution in [0.2, 0.25) is 0 Å². The van der Waals surface area contributed by atoms with E-state index in [1.54, 1.807) is 6.33 Å². The van der Waals surface area contributed by atoms with Crippen molar-refractivity contribution in [1.29, 1.82) is 0 Å². The Kier molecular flexibility index (Phi) is 4.46. The van der Waals surface area contributed by atoms with Gasteiger partial charge in [-0.15, -0.1) is 0 Å². The van der Waals surface area contributed by atoms with Gasteiger partial charge in [0.15, 0.2) is 0 Å². The van der Waals surface area contributed by atoms with E-state index in [1.807, 2.05) is 23.1 Å². The summed E-state index contributed by atoms with van der Waals surface area (Å²) >= 11 is 0. The molecule has 3 fully saturated rings. The second-order valence-corrected chi connectivity index (χ2v) is 11.1. The number of nitrogens with one attached hydrogen (secondary N) is 1. The fourth-order valence-corrected chi connectivity index (χ4v) is 7.88. The molecular formula is C27H32N4O2. The normalized spacial score (nSPS) is 33.4. The topological polar surface area (TPSA) is 67.3 Å². The summed E-state index contributed by atoms with van der Waals surface area (Å²) in [7, 11) is 0. The standard InChI is InChI=1S/C27H32N4O2/c32-26(20-10-17-4-1-2-7-23(17)33-14-20)31-9-8-21-22(13-31)29-16-30-25(21)28-15-27-11-18-5-3-6-19(12-27)24(18)27/h1-2,4,7,16,18-20,24H,3,5-6,8-15H2,(H,28,29,30). The van der Waals surface area contributed by atoms with E-state index in [0.29, 0.717) is 18.6 Å². The molecule has 6 heteroatoms. The van der Waals surface area contributed by atoms with Gasteiger partial charge in [-0.1, -0.05) is 37.5 Å². The third-order valence-corrected chi connectivity index (χ3v) is 9.36. The molecule has 6 nitrogen and oxygen atoms in total. The van der Waals surface area contributed by atoms with E-state index in [0.717, 1.165) is 66.5 Å². The van der Waals surface area contributed by atoms with Crippen molar-refractivity contribution in [3.8, 4) is 5.75 Å². The number of ether oxygens (including phenoxy) is 1. The van der Waals surface area contributed by atoms with Crippen LogP contribution in [0.3, 0.4) is 0 Å². The third-order valence-electron chi connectivity index (χ3n) is 9.36. The molecule has 0 bridgehead atoms. The summed E-state index contributed by atoms with van der Waals surface area (Å²) in [6, 6.07) is 8.04. The minimum Gasteiger partial charge on any atom is -0.492 e. The molecule has 1 N–H and O–H groups in total. The van der Waals surface area contributed by atoms with Gasteiger partial charge in [0.05, 0.1) is 18.2 Å². The molecule has 172 valence electrons. The largest absolute Gasteiger partial charge is 0.492 e. The Bertz CT molecular complexity index is 1090. The van der Waals surface area contributed by atoms with Crippen molar-refractivity contribution in [2.75, 3.05) is 25.0 Å². The van der Waals surface area contributed by atoms with Gasteiger partial charge in [0.1, 0.15) is 24.5 Å². The summed E-state index contributed by atoms with van der Waals surface area (Å²) in [5.74, 6) is 4.93. The fraction of sp³-hybridized carbons (Fsp3) is 0.593. The van der Waals surface area contributed by atoms with Gasteiger partial charge in [0.25, 0.3) is 0 Å². The Balaban J connectivity index is 1.02. The van der Waals surface area contributed by atoms with Crippen LogP contribution >= 0.6 is 0 Å². The third kappa shape index (κ3) is 3.09. The maximum atomic E-state index is 13.3. The van der Waals surface area contributed by atoms with E-state index in [2.05, 4.69) is 21.4 Å². The zero-order valence-corrected chi connectivity index (χ0v) is 19.1. The predicted molar refractivity (Wildman–Crippen MR) is 125 cm³/mol. The molecule has 0 saturated heterocycles. The smallest absolute Gasteiger partial charge is 0.229 e. The van der Waals surface area contributed by atoms with Crippen LogP contribution in [-0.4, -0.2) is 40.5 Å². The van der Waals surface area contributed by atoms with Crippen LogP contribution in [0.1, 0.15) is 48.9 Å². The number of carbonyl (C=O) groups is 1. The van der Waals surface area contributed by atoms with Gasteiger partial charge in [0.2, 0.25) is 5.91 Å². The van der Waals surface area contributed by atoms with Crippen LogP contribution in [0.4, 0.5) is 5.82 Å². The summed E-state index contributed by atoms with van der Waals surface area (Å²) in [6.07, 6.45) is 10.4. The first-order chi connectivity index (χ1) is 16.2. The average molecular weight is 445 g/mol. The highest BCUT2D eigenvalue weighted by Gasteiger charge is 2.65. The van der Waals surface area contributed by atoms with E-state index in [9.17, 15) is 4.79 Å². The SMILES string of the molecule is O=C(C1COc2ccccc2C1)N1CCc2c(ncnc2NCC23CC4CCCC(C2)C43)C1. The van der Waals surface area contributed by atoms with Gasteiger partial charge < -0.3 is 15.0 Å². The summed E-state index contributed by atoms with van der Waals surface area (Å²) in [5, 5.41) is 3.73. The minimum absolute atomic E-state index is 0.117. The molecule has 0 spiro atoms. The summed E-state index contributed by atoms with van der Waals surface area (Å²) in [4.78, 5) is 24.4. The first-order valence-corrected chi connectivity index (χ1v) is 12.8. The monoisotopic (exact) mass is 444 g/mol. The molecule has 3 saturated carbocycles. The predicted octanol–water partition coefficient (Wildman–Crippen LogP) is 3.85. The number of aromatic nitrogens is 2. The fourth-order valence-electron chi connectivity index (χ4n) is 7.88. The number of fused-ring (bicyclic) bond motifs is 2. The zero-order chi connectivity index (χ0) is 22.0. The van der Waals surface area contributed by atoms with E-state index in [4.69, 9.17) is 4.74 Å². The number of para-hydroxylation sites is 1. The molecule has 3 aliphatic carbocycles. The number of carbonyl (C=O) groups excluding carboxylic acids is 1. The van der Waals surface area contributed by atoms with Gasteiger partial charge in [0, 0.05) is 18.7 Å². The van der Waals surface area contributed by atoms with Crippen molar-refractivity contribution in [2.45, 2.75) is 51.5 Å². The number of nitrogens with zero attached hydrogens (tertiary/aromatic N) is 3. The lowest BCUT2D eigenvalue weighted by Gasteiger charge is -2.70. The van der Waals surface area contributed by atoms with Crippen LogP contribution < -0.4 is 10.1 Å². The maximum absolute atomic E-state index is 13.3. The lowest BCUT2D eigenvalue weighted by molar-refractivity contribution is -0.198. The van der Waals surface area contributed by atoms with E-state index < -0.39 is 0 Å². The molecule has 1 amide bonds. The number of amides is 1. The Labute approximate surface area is 195 Å². The average Bonchev–Trinajstić information content (AvgIpc) is 2.83. The molecule has 1 aromatic carbocycles. The molecule has 7 rings (SSSR count). The van der Waals surface area contributed by atoms with E-state index in [-0.39, 0.29) is 11.8 Å². The van der Waals surface area contributed by atoms with Gasteiger partial charge >= 0.3 is 0 Å². The van der Waals surface area contributed by atoms with Crippen LogP contribution in [0.25, 0.3) is 0 Å². The van der Waals surface area contributed by atoms with Gasteiger partial charge in [-0.05, 0) is 60.5 Å². The van der Waals surface area contributed by atoms with Crippen LogP contribution in [-0.2, 0) is 24.2 Å².